The van der Waals surface area contributed by atoms with E-state index in [0.29, 0.717) is 11.4 Å². The number of phenolic OH excluding ortho intramolecular Hbond substituents is 1. The van der Waals surface area contributed by atoms with Gasteiger partial charge in [0.05, 0.1) is 16.3 Å². The van der Waals surface area contributed by atoms with Gasteiger partial charge in [0.2, 0.25) is 0 Å². The second kappa shape index (κ2) is 10.4. The van der Waals surface area contributed by atoms with Crippen molar-refractivity contribution in [1.82, 2.24) is 4.72 Å². The molecular weight excluding hydrogens is 434 g/mol. The highest BCUT2D eigenvalue weighted by molar-refractivity contribution is 7.89. The average molecular weight is 464 g/mol. The molecule has 1 aliphatic carbocycles. The van der Waals surface area contributed by atoms with Crippen molar-refractivity contribution < 1.29 is 13.5 Å². The Bertz CT molecular complexity index is 1250. The average Bonchev–Trinajstić information content (AvgIpc) is 2.79. The molecule has 0 atom stereocenters. The van der Waals surface area contributed by atoms with Gasteiger partial charge in [0.15, 0.2) is 0 Å². The number of anilines is 1. The molecule has 0 bridgehead atoms. The molecule has 3 rings (SSSR count). The number of benzene rings is 2. The van der Waals surface area contributed by atoms with Gasteiger partial charge in [-0.1, -0.05) is 24.3 Å². The first-order chi connectivity index (χ1) is 15.7. The van der Waals surface area contributed by atoms with Crippen LogP contribution >= 0.6 is 0 Å². The third-order valence-corrected chi connectivity index (χ3v) is 6.81. The molecule has 2 aromatic carbocycles. The fraction of sp³-hybridized carbons (Fsp3) is 0.192. The van der Waals surface area contributed by atoms with Crippen LogP contribution in [0.5, 0.6) is 5.75 Å². The zero-order valence-electron chi connectivity index (χ0n) is 19.1. The van der Waals surface area contributed by atoms with Crippen molar-refractivity contribution in [1.29, 1.82) is 0 Å². The van der Waals surface area contributed by atoms with Gasteiger partial charge in [0, 0.05) is 12.4 Å². The zero-order valence-corrected chi connectivity index (χ0v) is 19.9. The smallest absolute Gasteiger partial charge is 0.261 e. The highest BCUT2D eigenvalue weighted by atomic mass is 32.2. The summed E-state index contributed by atoms with van der Waals surface area (Å²) in [5.41, 5.74) is 5.31. The van der Waals surface area contributed by atoms with Gasteiger partial charge in [-0.05, 0) is 98.9 Å². The Morgan fingerprint density at radius 3 is 2.55 bits per heavy atom. The molecule has 172 valence electrons. The maximum atomic E-state index is 12.7. The normalized spacial score (nSPS) is 14.9. The molecular formula is C26H29N3O3S. The van der Waals surface area contributed by atoms with Crippen molar-refractivity contribution in [2.75, 3.05) is 5.01 Å². The van der Waals surface area contributed by atoms with E-state index in [4.69, 9.17) is 0 Å². The van der Waals surface area contributed by atoms with Crippen LogP contribution in [0, 0.1) is 0 Å². The lowest BCUT2D eigenvalue weighted by Gasteiger charge is -2.26. The Labute approximate surface area is 196 Å². The van der Waals surface area contributed by atoms with E-state index in [1.807, 2.05) is 38.1 Å². The minimum absolute atomic E-state index is 0.161. The Kier molecular flexibility index (Phi) is 7.55. The monoisotopic (exact) mass is 463 g/mol. The van der Waals surface area contributed by atoms with E-state index < -0.39 is 10.0 Å². The van der Waals surface area contributed by atoms with E-state index >= 15 is 0 Å². The first-order valence-electron chi connectivity index (χ1n) is 10.6. The molecule has 2 N–H and O–H groups in total. The number of hydrogen-bond donors (Lipinski definition) is 2. The number of aromatic hydroxyl groups is 1. The summed E-state index contributed by atoms with van der Waals surface area (Å²) >= 11 is 0. The quantitative estimate of drug-likeness (QED) is 0.298. The van der Waals surface area contributed by atoms with Crippen LogP contribution in [0.15, 0.2) is 99.8 Å². The molecule has 0 amide bonds. The van der Waals surface area contributed by atoms with Crippen molar-refractivity contribution in [3.8, 4) is 5.75 Å². The molecule has 0 aromatic heterocycles. The summed E-state index contributed by atoms with van der Waals surface area (Å²) in [4.78, 5) is 0.161. The van der Waals surface area contributed by atoms with Crippen LogP contribution in [0.1, 0.15) is 39.2 Å². The Morgan fingerprint density at radius 1 is 1.18 bits per heavy atom. The lowest BCUT2D eigenvalue weighted by molar-refractivity contribution is 0.475. The van der Waals surface area contributed by atoms with E-state index in [1.165, 1.54) is 0 Å². The van der Waals surface area contributed by atoms with Gasteiger partial charge in [0.25, 0.3) is 10.0 Å². The molecule has 0 radical (unpaired) electrons. The highest BCUT2D eigenvalue weighted by Gasteiger charge is 2.20. The van der Waals surface area contributed by atoms with Crippen molar-refractivity contribution in [2.45, 2.75) is 38.5 Å². The largest absolute Gasteiger partial charge is 0.508 e. The van der Waals surface area contributed by atoms with E-state index in [0.717, 1.165) is 35.2 Å². The van der Waals surface area contributed by atoms with Gasteiger partial charge in [-0.2, -0.15) is 5.10 Å². The number of hydrogen-bond acceptors (Lipinski definition) is 5. The van der Waals surface area contributed by atoms with E-state index in [-0.39, 0.29) is 10.6 Å². The van der Waals surface area contributed by atoms with Gasteiger partial charge >= 0.3 is 0 Å². The number of allylic oxidation sites excluding steroid dienone is 7. The third kappa shape index (κ3) is 5.81. The summed E-state index contributed by atoms with van der Waals surface area (Å²) in [6, 6.07) is 13.7. The van der Waals surface area contributed by atoms with E-state index in [2.05, 4.69) is 16.5 Å². The molecule has 33 heavy (non-hydrogen) atoms. The number of sulfonamides is 1. The molecule has 0 aliphatic heterocycles. The second-order valence-corrected chi connectivity index (χ2v) is 9.50. The number of phenols is 1. The Hall–Kier alpha value is -3.58. The molecule has 0 unspecified atom stereocenters. The van der Waals surface area contributed by atoms with Crippen LogP contribution in [0.2, 0.25) is 0 Å². The fourth-order valence-corrected chi connectivity index (χ4v) is 4.70. The first kappa shape index (κ1) is 24.1. The summed E-state index contributed by atoms with van der Waals surface area (Å²) in [7, 11) is -3.69. The van der Waals surface area contributed by atoms with Crippen LogP contribution < -0.4 is 9.73 Å². The molecule has 2 aromatic rings. The fourth-order valence-electron chi connectivity index (χ4n) is 3.59. The minimum Gasteiger partial charge on any atom is -0.508 e. The molecule has 1 aliphatic rings. The predicted molar refractivity (Wildman–Crippen MR) is 135 cm³/mol. The number of nitrogens with zero attached hydrogens (tertiary/aromatic N) is 2. The lowest BCUT2D eigenvalue weighted by Crippen LogP contribution is -2.22. The topological polar surface area (TPSA) is 82.0 Å². The molecule has 0 heterocycles. The van der Waals surface area contributed by atoms with Crippen LogP contribution in [0.25, 0.3) is 5.57 Å². The van der Waals surface area contributed by atoms with Gasteiger partial charge in [0.1, 0.15) is 5.75 Å². The Balaban J connectivity index is 1.89. The van der Waals surface area contributed by atoms with Gasteiger partial charge in [-0.25, -0.2) is 13.4 Å². The SMILES string of the molecule is C=NN(C1=C(C)CCC(c2cccc(O)c2)=C1)c1ccc(S(=O)(=O)N/C(C)=C\C=C\C)cc1. The second-order valence-electron chi connectivity index (χ2n) is 7.81. The standard InChI is InChI=1S/C26H29N3O3S/c1-5-6-8-20(3)28-33(31,32)25-15-13-23(14-16-25)29(27-4)26-18-22(12-11-19(26)2)21-9-7-10-24(30)17-21/h5-10,13-18,28,30H,4,11-12H2,1-3H3/b6-5+,20-8-. The molecule has 0 spiro atoms. The zero-order chi connectivity index (χ0) is 24.0. The van der Waals surface area contributed by atoms with Crippen LogP contribution in [0.3, 0.4) is 0 Å². The minimum atomic E-state index is -3.69. The molecule has 6 nitrogen and oxygen atoms in total. The van der Waals surface area contributed by atoms with Gasteiger partial charge in [-0.3, -0.25) is 4.72 Å². The summed E-state index contributed by atoms with van der Waals surface area (Å²) in [5, 5.41) is 15.8. The third-order valence-electron chi connectivity index (χ3n) is 5.33. The summed E-state index contributed by atoms with van der Waals surface area (Å²) < 4.78 is 27.9. The van der Waals surface area contributed by atoms with Crippen LogP contribution in [0.4, 0.5) is 5.69 Å². The van der Waals surface area contributed by atoms with Crippen molar-refractivity contribution in [3.63, 3.8) is 0 Å². The van der Waals surface area contributed by atoms with Crippen LogP contribution in [-0.4, -0.2) is 20.2 Å². The van der Waals surface area contributed by atoms with Gasteiger partial charge < -0.3 is 5.11 Å². The molecule has 7 heteroatoms. The molecule has 0 saturated carbocycles. The number of rotatable bonds is 8. The van der Waals surface area contributed by atoms with Crippen molar-refractivity contribution in [3.05, 3.63) is 95.4 Å². The van der Waals surface area contributed by atoms with E-state index in [1.54, 1.807) is 60.5 Å². The maximum absolute atomic E-state index is 12.7. The van der Waals surface area contributed by atoms with Crippen LogP contribution in [-0.2, 0) is 10.0 Å². The van der Waals surface area contributed by atoms with Gasteiger partial charge in [-0.15, -0.1) is 0 Å². The summed E-state index contributed by atoms with van der Waals surface area (Å²) in [5.74, 6) is 0.223. The predicted octanol–water partition coefficient (Wildman–Crippen LogP) is 5.72. The van der Waals surface area contributed by atoms with Crippen molar-refractivity contribution >= 4 is 28.0 Å². The number of nitrogens with one attached hydrogen (secondary N) is 1. The van der Waals surface area contributed by atoms with Crippen molar-refractivity contribution in [2.24, 2.45) is 5.10 Å². The van der Waals surface area contributed by atoms with E-state index in [9.17, 15) is 13.5 Å². The first-order valence-corrected chi connectivity index (χ1v) is 12.1. The number of hydrazone groups is 1. The molecule has 0 saturated heterocycles. The molecule has 0 fully saturated rings. The maximum Gasteiger partial charge on any atom is 0.261 e. The Morgan fingerprint density at radius 2 is 1.91 bits per heavy atom. The summed E-state index contributed by atoms with van der Waals surface area (Å²) in [6.07, 6.45) is 9.04. The highest BCUT2D eigenvalue weighted by Crippen LogP contribution is 2.35. The lowest BCUT2D eigenvalue weighted by atomic mass is 9.91. The summed E-state index contributed by atoms with van der Waals surface area (Å²) in [6.45, 7) is 9.33.